The molecule has 1 aliphatic heterocycles. The number of amides is 1. The zero-order valence-electron chi connectivity index (χ0n) is 21.4. The zero-order chi connectivity index (χ0) is 28.4. The van der Waals surface area contributed by atoms with Gasteiger partial charge < -0.3 is 24.1 Å². The van der Waals surface area contributed by atoms with Crippen LogP contribution in [0.5, 0.6) is 23.0 Å². The van der Waals surface area contributed by atoms with Crippen LogP contribution in [0, 0.1) is 0 Å². The number of ether oxygens (including phenoxy) is 4. The molecule has 1 heterocycles. The second kappa shape index (κ2) is 11.7. The number of benzene rings is 3. The number of ketones is 1. The molecule has 1 aliphatic rings. The lowest BCUT2D eigenvalue weighted by Crippen LogP contribution is -2.29. The first kappa shape index (κ1) is 28.4. The molecule has 0 aromatic heterocycles. The summed E-state index contributed by atoms with van der Waals surface area (Å²) < 4.78 is 21.8. The van der Waals surface area contributed by atoms with Crippen molar-refractivity contribution < 1.29 is 33.6 Å². The van der Waals surface area contributed by atoms with Crippen molar-refractivity contribution in [3.05, 3.63) is 80.3 Å². The first-order chi connectivity index (χ1) is 18.7. The summed E-state index contributed by atoms with van der Waals surface area (Å²) in [6.45, 7) is 2.16. The summed E-state index contributed by atoms with van der Waals surface area (Å²) >= 11 is 18.9. The summed E-state index contributed by atoms with van der Waals surface area (Å²) in [5.74, 6) is -1.33. The monoisotopic (exact) mass is 591 g/mol. The predicted octanol–water partition coefficient (Wildman–Crippen LogP) is 6.70. The summed E-state index contributed by atoms with van der Waals surface area (Å²) in [5.41, 5.74) is 0.654. The Kier molecular flexibility index (Phi) is 8.49. The molecule has 1 N–H and O–H groups in total. The molecule has 3 aromatic carbocycles. The SMILES string of the molecule is CCOc1cc(C2/C(=C(\O)c3cc(Cl)c(OC)c(Cl)c3OC)C(=O)C(=O)N2c2ccc(Cl)cc2)ccc1OC. The summed E-state index contributed by atoms with van der Waals surface area (Å²) in [7, 11) is 4.22. The molecule has 0 bridgehead atoms. The van der Waals surface area contributed by atoms with Gasteiger partial charge in [0, 0.05) is 10.7 Å². The quantitative estimate of drug-likeness (QED) is 0.177. The van der Waals surface area contributed by atoms with E-state index in [1.54, 1.807) is 42.5 Å². The number of carbonyl (C=O) groups excluding carboxylic acids is 2. The molecule has 0 aliphatic carbocycles. The van der Waals surface area contributed by atoms with Crippen LogP contribution in [-0.2, 0) is 9.59 Å². The highest BCUT2D eigenvalue weighted by molar-refractivity contribution is 6.52. The molecule has 4 rings (SSSR count). The number of hydrogen-bond acceptors (Lipinski definition) is 7. The third-order valence-corrected chi connectivity index (χ3v) is 7.02. The van der Waals surface area contributed by atoms with Gasteiger partial charge in [0.05, 0.1) is 50.1 Å². The molecule has 1 saturated heterocycles. The third-order valence-electron chi connectivity index (χ3n) is 6.15. The zero-order valence-corrected chi connectivity index (χ0v) is 23.6. The summed E-state index contributed by atoms with van der Waals surface area (Å²) in [5, 5.41) is 12.1. The first-order valence-electron chi connectivity index (χ1n) is 11.7. The van der Waals surface area contributed by atoms with Crippen molar-refractivity contribution in [3.63, 3.8) is 0 Å². The van der Waals surface area contributed by atoms with E-state index in [0.29, 0.717) is 34.4 Å². The van der Waals surface area contributed by atoms with Gasteiger partial charge in [0.25, 0.3) is 11.7 Å². The van der Waals surface area contributed by atoms with Gasteiger partial charge in [-0.2, -0.15) is 0 Å². The van der Waals surface area contributed by atoms with Crippen molar-refractivity contribution in [2.24, 2.45) is 0 Å². The van der Waals surface area contributed by atoms with Gasteiger partial charge in [0.1, 0.15) is 10.8 Å². The predicted molar refractivity (Wildman–Crippen MR) is 150 cm³/mol. The Morgan fingerprint density at radius 3 is 2.15 bits per heavy atom. The number of halogens is 3. The molecule has 3 aromatic rings. The van der Waals surface area contributed by atoms with E-state index < -0.39 is 23.5 Å². The number of aliphatic hydroxyl groups excluding tert-OH is 1. The van der Waals surface area contributed by atoms with E-state index in [2.05, 4.69) is 0 Å². The van der Waals surface area contributed by atoms with Crippen molar-refractivity contribution in [2.75, 3.05) is 32.8 Å². The van der Waals surface area contributed by atoms with Crippen LogP contribution in [0.15, 0.2) is 54.1 Å². The van der Waals surface area contributed by atoms with Crippen LogP contribution >= 0.6 is 34.8 Å². The Morgan fingerprint density at radius 2 is 1.56 bits per heavy atom. The fraction of sp³-hybridized carbons (Fsp3) is 0.214. The van der Waals surface area contributed by atoms with Gasteiger partial charge in [-0.3, -0.25) is 14.5 Å². The molecule has 1 fully saturated rings. The van der Waals surface area contributed by atoms with Crippen molar-refractivity contribution >= 4 is 57.9 Å². The van der Waals surface area contributed by atoms with Gasteiger partial charge in [-0.15, -0.1) is 0 Å². The van der Waals surface area contributed by atoms with E-state index in [1.165, 1.54) is 32.3 Å². The van der Waals surface area contributed by atoms with Gasteiger partial charge >= 0.3 is 0 Å². The number of nitrogens with zero attached hydrogens (tertiary/aromatic N) is 1. The number of carbonyl (C=O) groups is 2. The van der Waals surface area contributed by atoms with Crippen LogP contribution in [0.2, 0.25) is 15.1 Å². The van der Waals surface area contributed by atoms with Crippen molar-refractivity contribution in [2.45, 2.75) is 13.0 Å². The first-order valence-corrected chi connectivity index (χ1v) is 12.8. The molecule has 1 unspecified atom stereocenters. The highest BCUT2D eigenvalue weighted by atomic mass is 35.5. The molecule has 0 saturated carbocycles. The fourth-order valence-electron chi connectivity index (χ4n) is 4.44. The van der Waals surface area contributed by atoms with Crippen molar-refractivity contribution in [1.82, 2.24) is 0 Å². The molecule has 1 atom stereocenters. The molecule has 204 valence electrons. The highest BCUT2D eigenvalue weighted by Gasteiger charge is 2.47. The van der Waals surface area contributed by atoms with Crippen LogP contribution in [0.4, 0.5) is 5.69 Å². The van der Waals surface area contributed by atoms with Gasteiger partial charge in [0.15, 0.2) is 23.0 Å². The standard InChI is InChI=1S/C28H24Cl3NO7/c1-5-39-20-12-14(6-11-19(20)36-2)23-21(25(34)28(35)32(23)16-9-7-15(29)8-10-16)24(33)17-13-18(30)27(38-4)22(31)26(17)37-3/h6-13,23,33H,5H2,1-4H3/b24-21+. The molecule has 11 heteroatoms. The van der Waals surface area contributed by atoms with Crippen molar-refractivity contribution in [3.8, 4) is 23.0 Å². The third kappa shape index (κ3) is 5.07. The van der Waals surface area contributed by atoms with E-state index >= 15 is 0 Å². The highest BCUT2D eigenvalue weighted by Crippen LogP contribution is 2.48. The molecule has 39 heavy (non-hydrogen) atoms. The van der Waals surface area contributed by atoms with E-state index in [4.69, 9.17) is 53.8 Å². The van der Waals surface area contributed by atoms with Crippen LogP contribution in [-0.4, -0.2) is 44.7 Å². The number of Topliss-reactive ketones (excluding diaryl/α,β-unsaturated/α-hetero) is 1. The molecule has 0 spiro atoms. The maximum absolute atomic E-state index is 13.6. The number of methoxy groups -OCH3 is 3. The topological polar surface area (TPSA) is 94.5 Å². The van der Waals surface area contributed by atoms with E-state index in [0.717, 1.165) is 0 Å². The van der Waals surface area contributed by atoms with Crippen LogP contribution in [0.3, 0.4) is 0 Å². The van der Waals surface area contributed by atoms with Gasteiger partial charge in [-0.1, -0.05) is 40.9 Å². The smallest absolute Gasteiger partial charge is 0.300 e. The lowest BCUT2D eigenvalue weighted by atomic mass is 9.94. The van der Waals surface area contributed by atoms with Crippen LogP contribution in [0.1, 0.15) is 24.1 Å². The second-order valence-electron chi connectivity index (χ2n) is 8.28. The summed E-state index contributed by atoms with van der Waals surface area (Å²) in [4.78, 5) is 28.3. The summed E-state index contributed by atoms with van der Waals surface area (Å²) in [6, 6.07) is 11.7. The molecule has 1 amide bonds. The minimum Gasteiger partial charge on any atom is -0.507 e. The Bertz CT molecular complexity index is 1470. The lowest BCUT2D eigenvalue weighted by Gasteiger charge is -2.26. The normalized spacial score (nSPS) is 16.4. The van der Waals surface area contributed by atoms with Gasteiger partial charge in [-0.25, -0.2) is 0 Å². The second-order valence-corrected chi connectivity index (χ2v) is 9.50. The Balaban J connectivity index is 2.03. The molecule has 8 nitrogen and oxygen atoms in total. The average molecular weight is 593 g/mol. The summed E-state index contributed by atoms with van der Waals surface area (Å²) in [6.07, 6.45) is 0. The number of rotatable bonds is 8. The number of anilines is 1. The molecular formula is C28H24Cl3NO7. The van der Waals surface area contributed by atoms with E-state index in [1.807, 2.05) is 6.92 Å². The Hall–Kier alpha value is -3.59. The van der Waals surface area contributed by atoms with Crippen molar-refractivity contribution in [1.29, 1.82) is 0 Å². The maximum Gasteiger partial charge on any atom is 0.300 e. The van der Waals surface area contributed by atoms with E-state index in [9.17, 15) is 14.7 Å². The van der Waals surface area contributed by atoms with Crippen LogP contribution in [0.25, 0.3) is 5.76 Å². The van der Waals surface area contributed by atoms with Gasteiger partial charge in [-0.05, 0) is 55.0 Å². The van der Waals surface area contributed by atoms with E-state index in [-0.39, 0.29) is 32.7 Å². The molecule has 0 radical (unpaired) electrons. The Labute approximate surface area is 240 Å². The molecular weight excluding hydrogens is 569 g/mol. The fourth-order valence-corrected chi connectivity index (χ4v) is 5.25. The number of hydrogen-bond donors (Lipinski definition) is 1. The van der Waals surface area contributed by atoms with Gasteiger partial charge in [0.2, 0.25) is 0 Å². The average Bonchev–Trinajstić information content (AvgIpc) is 3.19. The maximum atomic E-state index is 13.6. The minimum atomic E-state index is -1.07. The minimum absolute atomic E-state index is 0.00551. The Morgan fingerprint density at radius 1 is 0.897 bits per heavy atom. The lowest BCUT2D eigenvalue weighted by molar-refractivity contribution is -0.132. The number of aliphatic hydroxyl groups is 1. The van der Waals surface area contributed by atoms with Crippen LogP contribution < -0.4 is 23.8 Å². The largest absolute Gasteiger partial charge is 0.507 e.